The minimum Gasteiger partial charge on any atom is -0.384 e. The Kier molecular flexibility index (Phi) is 3.40. The summed E-state index contributed by atoms with van der Waals surface area (Å²) in [5, 5.41) is 3.46. The second-order valence-corrected chi connectivity index (χ2v) is 5.82. The van der Waals surface area contributed by atoms with Gasteiger partial charge in [-0.1, -0.05) is 24.3 Å². The van der Waals surface area contributed by atoms with Gasteiger partial charge in [0.05, 0.1) is 6.61 Å². The van der Waals surface area contributed by atoms with Crippen LogP contribution in [0.1, 0.15) is 42.7 Å². The highest BCUT2D eigenvalue weighted by molar-refractivity contribution is 5.41. The number of methoxy groups -OCH3 is 1. The molecule has 0 amide bonds. The Morgan fingerprint density at radius 3 is 2.61 bits per heavy atom. The van der Waals surface area contributed by atoms with Crippen LogP contribution in [0, 0.1) is 0 Å². The number of ether oxygens (including phenoxy) is 1. The third kappa shape index (κ3) is 2.19. The van der Waals surface area contributed by atoms with Crippen LogP contribution in [0.2, 0.25) is 0 Å². The zero-order valence-electron chi connectivity index (χ0n) is 11.2. The zero-order valence-corrected chi connectivity index (χ0v) is 11.2. The molecule has 1 saturated carbocycles. The number of rotatable bonds is 4. The van der Waals surface area contributed by atoms with Gasteiger partial charge in [0.25, 0.3) is 0 Å². The first kappa shape index (κ1) is 12.2. The van der Waals surface area contributed by atoms with Gasteiger partial charge in [-0.2, -0.15) is 0 Å². The Labute approximate surface area is 110 Å². The molecular weight excluding hydrogens is 222 g/mol. The average molecular weight is 245 g/mol. The maximum atomic E-state index is 5.45. The minimum absolute atomic E-state index is 0.343. The summed E-state index contributed by atoms with van der Waals surface area (Å²) >= 11 is 0. The van der Waals surface area contributed by atoms with Gasteiger partial charge in [-0.15, -0.1) is 0 Å². The molecule has 1 aromatic carbocycles. The highest BCUT2D eigenvalue weighted by Crippen LogP contribution is 2.51. The van der Waals surface area contributed by atoms with Gasteiger partial charge >= 0.3 is 0 Å². The molecule has 2 fully saturated rings. The van der Waals surface area contributed by atoms with Crippen molar-refractivity contribution in [3.05, 3.63) is 35.4 Å². The van der Waals surface area contributed by atoms with E-state index < -0.39 is 0 Å². The Morgan fingerprint density at radius 2 is 1.94 bits per heavy atom. The molecular formula is C16H23NO. The number of benzene rings is 1. The van der Waals surface area contributed by atoms with E-state index in [0.29, 0.717) is 5.41 Å². The topological polar surface area (TPSA) is 21.3 Å². The van der Waals surface area contributed by atoms with Gasteiger partial charge < -0.3 is 10.1 Å². The molecule has 0 aromatic heterocycles. The van der Waals surface area contributed by atoms with Crippen molar-refractivity contribution in [1.29, 1.82) is 0 Å². The molecule has 3 rings (SSSR count). The highest BCUT2D eigenvalue weighted by Gasteiger charge is 2.46. The third-order valence-corrected chi connectivity index (χ3v) is 4.59. The smallest absolute Gasteiger partial charge is 0.0559 e. The Morgan fingerprint density at radius 1 is 1.22 bits per heavy atom. The van der Waals surface area contributed by atoms with Crippen LogP contribution in [-0.2, 0) is 10.2 Å². The van der Waals surface area contributed by atoms with Gasteiger partial charge in [0.15, 0.2) is 0 Å². The molecule has 0 atom stereocenters. The van der Waals surface area contributed by atoms with E-state index in [1.807, 2.05) is 7.11 Å². The predicted molar refractivity (Wildman–Crippen MR) is 74.1 cm³/mol. The van der Waals surface area contributed by atoms with Gasteiger partial charge in [-0.25, -0.2) is 0 Å². The van der Waals surface area contributed by atoms with Crippen LogP contribution in [0.3, 0.4) is 0 Å². The summed E-state index contributed by atoms with van der Waals surface area (Å²) in [6.07, 6.45) is 5.14. The molecule has 18 heavy (non-hydrogen) atoms. The van der Waals surface area contributed by atoms with Crippen molar-refractivity contribution in [2.75, 3.05) is 26.8 Å². The molecule has 0 radical (unpaired) electrons. The van der Waals surface area contributed by atoms with E-state index in [2.05, 4.69) is 29.6 Å². The van der Waals surface area contributed by atoms with Crippen LogP contribution in [0.5, 0.6) is 0 Å². The van der Waals surface area contributed by atoms with E-state index in [1.54, 1.807) is 11.1 Å². The summed E-state index contributed by atoms with van der Waals surface area (Å²) in [6.45, 7) is 3.21. The SMILES string of the molecule is COCC1(c2ccccc2C2CCNCC2)CC1. The van der Waals surface area contributed by atoms with Gasteiger partial charge in [0.2, 0.25) is 0 Å². The van der Waals surface area contributed by atoms with Crippen molar-refractivity contribution < 1.29 is 4.74 Å². The van der Waals surface area contributed by atoms with Crippen LogP contribution in [0.4, 0.5) is 0 Å². The monoisotopic (exact) mass is 245 g/mol. The molecule has 1 aromatic rings. The Hall–Kier alpha value is -0.860. The first-order valence-electron chi connectivity index (χ1n) is 7.15. The van der Waals surface area contributed by atoms with Crippen LogP contribution in [0.25, 0.3) is 0 Å². The lowest BCUT2D eigenvalue weighted by atomic mass is 9.82. The van der Waals surface area contributed by atoms with Gasteiger partial charge in [-0.05, 0) is 55.8 Å². The fourth-order valence-corrected chi connectivity index (χ4v) is 3.39. The minimum atomic E-state index is 0.343. The van der Waals surface area contributed by atoms with E-state index in [-0.39, 0.29) is 0 Å². The molecule has 1 saturated heterocycles. The molecule has 1 N–H and O–H groups in total. The fourth-order valence-electron chi connectivity index (χ4n) is 3.39. The second-order valence-electron chi connectivity index (χ2n) is 5.82. The number of hydrogen-bond donors (Lipinski definition) is 1. The largest absolute Gasteiger partial charge is 0.384 e. The van der Waals surface area contributed by atoms with Crippen molar-refractivity contribution in [1.82, 2.24) is 5.32 Å². The van der Waals surface area contributed by atoms with Gasteiger partial charge in [0, 0.05) is 12.5 Å². The zero-order chi connectivity index (χ0) is 12.4. The highest BCUT2D eigenvalue weighted by atomic mass is 16.5. The van der Waals surface area contributed by atoms with E-state index in [1.165, 1.54) is 25.7 Å². The fraction of sp³-hybridized carbons (Fsp3) is 0.625. The lowest BCUT2D eigenvalue weighted by Crippen LogP contribution is -2.28. The van der Waals surface area contributed by atoms with Crippen LogP contribution in [-0.4, -0.2) is 26.8 Å². The number of hydrogen-bond acceptors (Lipinski definition) is 2. The molecule has 0 unspecified atom stereocenters. The van der Waals surface area contributed by atoms with Crippen molar-refractivity contribution >= 4 is 0 Å². The standard InChI is InChI=1S/C16H23NO/c1-18-12-16(8-9-16)15-5-3-2-4-14(15)13-6-10-17-11-7-13/h2-5,13,17H,6-12H2,1H3. The average Bonchev–Trinajstić information content (AvgIpc) is 3.21. The molecule has 1 aliphatic carbocycles. The molecule has 0 bridgehead atoms. The van der Waals surface area contributed by atoms with E-state index in [0.717, 1.165) is 25.6 Å². The van der Waals surface area contributed by atoms with Crippen molar-refractivity contribution in [2.45, 2.75) is 37.0 Å². The summed E-state index contributed by atoms with van der Waals surface area (Å²) in [5.41, 5.74) is 3.50. The van der Waals surface area contributed by atoms with E-state index >= 15 is 0 Å². The van der Waals surface area contributed by atoms with Crippen molar-refractivity contribution in [3.8, 4) is 0 Å². The lowest BCUT2D eigenvalue weighted by Gasteiger charge is -2.28. The maximum Gasteiger partial charge on any atom is 0.0559 e. The molecule has 2 heteroatoms. The summed E-state index contributed by atoms with van der Waals surface area (Å²) in [4.78, 5) is 0. The Bertz CT molecular complexity index is 405. The number of piperidine rings is 1. The summed E-state index contributed by atoms with van der Waals surface area (Å²) < 4.78 is 5.45. The predicted octanol–water partition coefficient (Wildman–Crippen LogP) is 2.83. The van der Waals surface area contributed by atoms with Gasteiger partial charge in [0.1, 0.15) is 0 Å². The van der Waals surface area contributed by atoms with Crippen LogP contribution >= 0.6 is 0 Å². The second kappa shape index (κ2) is 5.02. The van der Waals surface area contributed by atoms with E-state index in [4.69, 9.17) is 4.74 Å². The molecule has 1 heterocycles. The normalized spacial score (nSPS) is 22.9. The first-order valence-corrected chi connectivity index (χ1v) is 7.15. The summed E-state index contributed by atoms with van der Waals surface area (Å²) in [5.74, 6) is 0.747. The van der Waals surface area contributed by atoms with Crippen molar-refractivity contribution in [2.24, 2.45) is 0 Å². The lowest BCUT2D eigenvalue weighted by molar-refractivity contribution is 0.170. The molecule has 0 spiro atoms. The molecule has 2 aliphatic rings. The first-order chi connectivity index (χ1) is 8.86. The molecule has 2 nitrogen and oxygen atoms in total. The molecule has 1 aliphatic heterocycles. The maximum absolute atomic E-state index is 5.45. The summed E-state index contributed by atoms with van der Waals surface area (Å²) in [6, 6.07) is 9.07. The van der Waals surface area contributed by atoms with Crippen molar-refractivity contribution in [3.63, 3.8) is 0 Å². The van der Waals surface area contributed by atoms with Crippen LogP contribution in [0.15, 0.2) is 24.3 Å². The van der Waals surface area contributed by atoms with Crippen LogP contribution < -0.4 is 5.32 Å². The summed E-state index contributed by atoms with van der Waals surface area (Å²) in [7, 11) is 1.83. The third-order valence-electron chi connectivity index (χ3n) is 4.59. The van der Waals surface area contributed by atoms with E-state index in [9.17, 15) is 0 Å². The quantitative estimate of drug-likeness (QED) is 0.880. The molecule has 98 valence electrons. The Balaban J connectivity index is 1.90. The van der Waals surface area contributed by atoms with Gasteiger partial charge in [-0.3, -0.25) is 0 Å². The number of nitrogens with one attached hydrogen (secondary N) is 1.